The van der Waals surface area contributed by atoms with Gasteiger partial charge in [0.2, 0.25) is 5.91 Å². The Kier molecular flexibility index (Phi) is 6.79. The van der Waals surface area contributed by atoms with Crippen LogP contribution < -0.4 is 10.1 Å². The van der Waals surface area contributed by atoms with Crippen LogP contribution in [0.5, 0.6) is 5.75 Å². The number of nitrogens with one attached hydrogen (secondary N) is 1. The highest BCUT2D eigenvalue weighted by atomic mass is 16.5. The average Bonchev–Trinajstić information content (AvgIpc) is 2.98. The maximum absolute atomic E-state index is 12.0. The van der Waals surface area contributed by atoms with E-state index in [1.54, 1.807) is 6.08 Å². The summed E-state index contributed by atoms with van der Waals surface area (Å²) in [4.78, 5) is 14.5. The Morgan fingerprint density at radius 3 is 2.90 bits per heavy atom. The Morgan fingerprint density at radius 1 is 1.23 bits per heavy atom. The Balaban J connectivity index is 1.32. The van der Waals surface area contributed by atoms with Crippen LogP contribution in [0.25, 0.3) is 0 Å². The second-order valence-corrected chi connectivity index (χ2v) is 8.09. The normalized spacial score (nSPS) is 16.9. The number of ether oxygens (including phenoxy) is 1. The minimum absolute atomic E-state index is 0.195. The first-order valence-electron chi connectivity index (χ1n) is 11.0. The zero-order valence-corrected chi connectivity index (χ0v) is 17.6. The first kappa shape index (κ1) is 20.6. The Labute approximate surface area is 178 Å². The quantitative estimate of drug-likeness (QED) is 0.644. The number of carbonyl (C=O) groups is 1. The number of nitrogens with zero attached hydrogens (tertiary/aromatic N) is 4. The topological polar surface area (TPSA) is 72.3 Å². The zero-order valence-electron chi connectivity index (χ0n) is 17.6. The predicted octanol–water partition coefficient (Wildman–Crippen LogP) is 2.36. The maximum atomic E-state index is 12.0. The van der Waals surface area contributed by atoms with Crippen LogP contribution in [0.15, 0.2) is 36.9 Å². The molecule has 1 aliphatic heterocycles. The number of fused-ring (bicyclic) bond motifs is 1. The average molecular weight is 410 g/mol. The molecule has 2 aromatic rings. The lowest BCUT2D eigenvalue weighted by molar-refractivity contribution is -0.127. The maximum Gasteiger partial charge on any atom is 0.223 e. The molecule has 1 aromatic heterocycles. The van der Waals surface area contributed by atoms with Gasteiger partial charge in [-0.1, -0.05) is 37.3 Å². The highest BCUT2D eigenvalue weighted by Gasteiger charge is 2.25. The molecule has 1 aliphatic carbocycles. The molecule has 0 atom stereocenters. The van der Waals surface area contributed by atoms with Crippen LogP contribution in [-0.2, 0) is 30.7 Å². The van der Waals surface area contributed by atoms with Gasteiger partial charge in [0.1, 0.15) is 24.0 Å². The van der Waals surface area contributed by atoms with Gasteiger partial charge < -0.3 is 14.6 Å². The van der Waals surface area contributed by atoms with Crippen molar-refractivity contribution >= 4 is 5.91 Å². The molecule has 0 bridgehead atoms. The van der Waals surface area contributed by atoms with E-state index in [-0.39, 0.29) is 11.8 Å². The highest BCUT2D eigenvalue weighted by molar-refractivity contribution is 5.79. The molecule has 1 fully saturated rings. The van der Waals surface area contributed by atoms with Gasteiger partial charge in [-0.05, 0) is 18.9 Å². The number of para-hydroxylation sites is 1. The third-order valence-corrected chi connectivity index (χ3v) is 6.04. The lowest BCUT2D eigenvalue weighted by Crippen LogP contribution is -2.35. The van der Waals surface area contributed by atoms with Gasteiger partial charge in [-0.15, -0.1) is 10.2 Å². The summed E-state index contributed by atoms with van der Waals surface area (Å²) in [5.41, 5.74) is 1.19. The number of rotatable bonds is 9. The minimum atomic E-state index is 0.195. The molecule has 1 N–H and O–H groups in total. The molecule has 2 heterocycles. The van der Waals surface area contributed by atoms with Gasteiger partial charge in [0, 0.05) is 57.0 Å². The lowest BCUT2D eigenvalue weighted by Gasteiger charge is -2.24. The molecule has 2 aliphatic rings. The van der Waals surface area contributed by atoms with Gasteiger partial charge in [-0.3, -0.25) is 9.69 Å². The van der Waals surface area contributed by atoms with E-state index in [1.807, 2.05) is 12.1 Å². The molecular formula is C23H31N5O2. The minimum Gasteiger partial charge on any atom is -0.489 e. The molecule has 30 heavy (non-hydrogen) atoms. The summed E-state index contributed by atoms with van der Waals surface area (Å²) in [5, 5.41) is 11.9. The van der Waals surface area contributed by atoms with Gasteiger partial charge in [0.05, 0.1) is 0 Å². The van der Waals surface area contributed by atoms with E-state index in [0.29, 0.717) is 13.2 Å². The number of hydrogen-bond acceptors (Lipinski definition) is 5. The Morgan fingerprint density at radius 2 is 2.10 bits per heavy atom. The first-order chi connectivity index (χ1) is 14.7. The molecule has 1 amide bonds. The summed E-state index contributed by atoms with van der Waals surface area (Å²) in [6.07, 6.45) is 6.61. The van der Waals surface area contributed by atoms with E-state index in [1.165, 1.54) is 12.0 Å². The van der Waals surface area contributed by atoms with Gasteiger partial charge >= 0.3 is 0 Å². The van der Waals surface area contributed by atoms with E-state index >= 15 is 0 Å². The lowest BCUT2D eigenvalue weighted by atomic mass is 9.85. The van der Waals surface area contributed by atoms with Crippen LogP contribution in [0.1, 0.15) is 36.5 Å². The number of carbonyl (C=O) groups excluding carboxylic acids is 1. The highest BCUT2D eigenvalue weighted by Crippen LogP contribution is 2.26. The van der Waals surface area contributed by atoms with Crippen molar-refractivity contribution in [2.75, 3.05) is 26.2 Å². The molecule has 0 unspecified atom stereocenters. The fourth-order valence-corrected chi connectivity index (χ4v) is 4.05. The summed E-state index contributed by atoms with van der Waals surface area (Å²) >= 11 is 0. The van der Waals surface area contributed by atoms with E-state index in [2.05, 4.69) is 43.7 Å². The van der Waals surface area contributed by atoms with Crippen LogP contribution in [0.4, 0.5) is 0 Å². The van der Waals surface area contributed by atoms with Crippen molar-refractivity contribution in [1.29, 1.82) is 0 Å². The fraction of sp³-hybridized carbons (Fsp3) is 0.522. The number of aromatic nitrogens is 3. The molecule has 0 radical (unpaired) electrons. The Hall–Kier alpha value is -2.67. The van der Waals surface area contributed by atoms with E-state index in [0.717, 1.165) is 69.3 Å². The summed E-state index contributed by atoms with van der Waals surface area (Å²) in [7, 11) is 0. The van der Waals surface area contributed by atoms with Crippen LogP contribution in [0, 0.1) is 5.92 Å². The second kappa shape index (κ2) is 9.89. The van der Waals surface area contributed by atoms with E-state index < -0.39 is 0 Å². The summed E-state index contributed by atoms with van der Waals surface area (Å²) in [5.74, 6) is 3.35. The SMILES string of the molecule is C=CCOc1ccccc1CN1CCc2nnc(CCNC(=O)C3CCC3)n2CC1. The molecule has 160 valence electrons. The Bertz CT molecular complexity index is 874. The van der Waals surface area contributed by atoms with Crippen LogP contribution in [0.3, 0.4) is 0 Å². The molecule has 4 rings (SSSR count). The first-order valence-corrected chi connectivity index (χ1v) is 11.0. The van der Waals surface area contributed by atoms with Crippen molar-refractivity contribution in [3.8, 4) is 5.75 Å². The molecule has 7 nitrogen and oxygen atoms in total. The molecule has 1 aromatic carbocycles. The van der Waals surface area contributed by atoms with E-state index in [4.69, 9.17) is 4.74 Å². The van der Waals surface area contributed by atoms with Crippen molar-refractivity contribution < 1.29 is 9.53 Å². The standard InChI is InChI=1S/C23H31N5O2/c1-2-16-30-20-9-4-3-6-19(20)17-27-13-11-22-26-25-21(28(22)15-14-27)10-12-24-23(29)18-7-5-8-18/h2-4,6,9,18H,1,5,7-8,10-17H2,(H,24,29). The molecule has 7 heteroatoms. The number of amides is 1. The molecule has 1 saturated carbocycles. The van der Waals surface area contributed by atoms with Crippen molar-refractivity contribution in [1.82, 2.24) is 25.0 Å². The smallest absolute Gasteiger partial charge is 0.223 e. The third-order valence-electron chi connectivity index (χ3n) is 6.04. The number of hydrogen-bond donors (Lipinski definition) is 1. The van der Waals surface area contributed by atoms with Crippen LogP contribution >= 0.6 is 0 Å². The second-order valence-electron chi connectivity index (χ2n) is 8.09. The largest absolute Gasteiger partial charge is 0.489 e. The third kappa shape index (κ3) is 4.90. The van der Waals surface area contributed by atoms with Gasteiger partial charge in [-0.2, -0.15) is 0 Å². The zero-order chi connectivity index (χ0) is 20.8. The summed E-state index contributed by atoms with van der Waals surface area (Å²) in [6.45, 7) is 8.45. The molecular weight excluding hydrogens is 378 g/mol. The van der Waals surface area contributed by atoms with Crippen LogP contribution in [0.2, 0.25) is 0 Å². The monoisotopic (exact) mass is 409 g/mol. The van der Waals surface area contributed by atoms with Gasteiger partial charge in [0.15, 0.2) is 0 Å². The number of benzene rings is 1. The van der Waals surface area contributed by atoms with Crippen molar-refractivity contribution in [2.45, 2.75) is 45.2 Å². The summed E-state index contributed by atoms with van der Waals surface area (Å²) < 4.78 is 8.04. The van der Waals surface area contributed by atoms with Crippen LogP contribution in [-0.4, -0.2) is 51.8 Å². The van der Waals surface area contributed by atoms with Crippen molar-refractivity contribution in [2.24, 2.45) is 5.92 Å². The van der Waals surface area contributed by atoms with E-state index in [9.17, 15) is 4.79 Å². The van der Waals surface area contributed by atoms with Gasteiger partial charge in [-0.25, -0.2) is 0 Å². The summed E-state index contributed by atoms with van der Waals surface area (Å²) in [6, 6.07) is 8.20. The fourth-order valence-electron chi connectivity index (χ4n) is 4.05. The molecule has 0 saturated heterocycles. The molecule has 0 spiro atoms. The predicted molar refractivity (Wildman–Crippen MR) is 115 cm³/mol. The van der Waals surface area contributed by atoms with Crippen molar-refractivity contribution in [3.05, 3.63) is 54.1 Å². The van der Waals surface area contributed by atoms with Crippen molar-refractivity contribution in [3.63, 3.8) is 0 Å². The van der Waals surface area contributed by atoms with Gasteiger partial charge in [0.25, 0.3) is 0 Å².